The van der Waals surface area contributed by atoms with Crippen LogP contribution in [0.3, 0.4) is 0 Å². The molecule has 19 heavy (non-hydrogen) atoms. The van der Waals surface area contributed by atoms with Crippen molar-refractivity contribution in [3.05, 3.63) is 42.0 Å². The average Bonchev–Trinajstić information content (AvgIpc) is 2.70. The molecule has 0 unspecified atom stereocenters. The molecule has 3 rings (SSSR count). The van der Waals surface area contributed by atoms with Crippen molar-refractivity contribution in [3.8, 4) is 11.4 Å². The molecule has 2 aromatic heterocycles. The van der Waals surface area contributed by atoms with Crippen LogP contribution < -0.4 is 0 Å². The smallest absolute Gasteiger partial charge is 0.163 e. The van der Waals surface area contributed by atoms with Gasteiger partial charge in [0.2, 0.25) is 0 Å². The normalized spacial score (nSPS) is 11.2. The predicted molar refractivity (Wildman–Crippen MR) is 88.3 cm³/mol. The lowest BCUT2D eigenvalue weighted by molar-refractivity contribution is 1.23. The first-order chi connectivity index (χ1) is 9.06. The highest BCUT2D eigenvalue weighted by Crippen LogP contribution is 2.38. The number of aromatic nitrogens is 2. The highest BCUT2D eigenvalue weighted by atomic mass is 79.9. The van der Waals surface area contributed by atoms with E-state index in [0.29, 0.717) is 21.5 Å². The van der Waals surface area contributed by atoms with Crippen molar-refractivity contribution >= 4 is 77.3 Å². The maximum absolute atomic E-state index is 6.21. The van der Waals surface area contributed by atoms with Crippen LogP contribution in [0.15, 0.2) is 31.8 Å². The molecule has 2 heterocycles. The van der Waals surface area contributed by atoms with Crippen LogP contribution in [0.5, 0.6) is 0 Å². The number of halogens is 4. The van der Waals surface area contributed by atoms with Crippen molar-refractivity contribution < 1.29 is 0 Å². The number of thiophene rings is 1. The van der Waals surface area contributed by atoms with Gasteiger partial charge < -0.3 is 0 Å². The van der Waals surface area contributed by atoms with Crippen LogP contribution in [-0.4, -0.2) is 9.97 Å². The molecule has 3 aromatic rings. The minimum absolute atomic E-state index is 0.400. The van der Waals surface area contributed by atoms with Gasteiger partial charge in [-0.25, -0.2) is 9.97 Å². The lowest BCUT2D eigenvalue weighted by Gasteiger charge is -2.05. The number of hydrogen-bond donors (Lipinski definition) is 0. The van der Waals surface area contributed by atoms with Crippen LogP contribution in [0.4, 0.5) is 0 Å². The van der Waals surface area contributed by atoms with E-state index in [0.717, 1.165) is 18.5 Å². The lowest BCUT2D eigenvalue weighted by Crippen LogP contribution is -1.91. The van der Waals surface area contributed by atoms with Gasteiger partial charge in [0.25, 0.3) is 0 Å². The van der Waals surface area contributed by atoms with E-state index in [4.69, 9.17) is 23.2 Å². The van der Waals surface area contributed by atoms with Gasteiger partial charge in [0.05, 0.1) is 18.1 Å². The number of benzene rings is 1. The summed E-state index contributed by atoms with van der Waals surface area (Å²) >= 11 is 20.9. The first-order valence-electron chi connectivity index (χ1n) is 5.13. The summed E-state index contributed by atoms with van der Waals surface area (Å²) < 4.78 is 1.94. The maximum Gasteiger partial charge on any atom is 0.163 e. The van der Waals surface area contributed by atoms with Gasteiger partial charge in [-0.2, -0.15) is 0 Å². The molecule has 7 heteroatoms. The van der Waals surface area contributed by atoms with Crippen LogP contribution in [0.2, 0.25) is 10.2 Å². The molecule has 0 aliphatic heterocycles. The Labute approximate surface area is 140 Å². The predicted octanol–water partition coefficient (Wildman–Crippen LogP) is 6.19. The summed E-state index contributed by atoms with van der Waals surface area (Å²) in [5, 5.41) is 1.72. The molecular formula is C12H4Br2Cl2N2S. The topological polar surface area (TPSA) is 25.8 Å². The van der Waals surface area contributed by atoms with Gasteiger partial charge in [0.1, 0.15) is 5.15 Å². The van der Waals surface area contributed by atoms with Crippen molar-refractivity contribution in [1.82, 2.24) is 9.97 Å². The van der Waals surface area contributed by atoms with Crippen molar-refractivity contribution in [3.63, 3.8) is 0 Å². The van der Waals surface area contributed by atoms with E-state index >= 15 is 0 Å². The van der Waals surface area contributed by atoms with Gasteiger partial charge in [-0.3, -0.25) is 0 Å². The zero-order chi connectivity index (χ0) is 13.6. The second-order valence-corrected chi connectivity index (χ2v) is 8.23. The molecule has 96 valence electrons. The fraction of sp³-hybridized carbons (Fsp3) is 0. The minimum Gasteiger partial charge on any atom is -0.226 e. The van der Waals surface area contributed by atoms with Crippen molar-refractivity contribution in [2.45, 2.75) is 0 Å². The number of hydrogen-bond acceptors (Lipinski definition) is 3. The van der Waals surface area contributed by atoms with Gasteiger partial charge in [-0.15, -0.1) is 11.3 Å². The second-order valence-electron chi connectivity index (χ2n) is 3.71. The molecule has 0 aliphatic carbocycles. The largest absolute Gasteiger partial charge is 0.226 e. The number of fused-ring (bicyclic) bond motifs is 1. The Hall–Kier alpha value is -0.200. The lowest BCUT2D eigenvalue weighted by atomic mass is 10.2. The molecule has 2 nitrogen and oxygen atoms in total. The van der Waals surface area contributed by atoms with Crippen LogP contribution in [0.25, 0.3) is 22.3 Å². The number of para-hydroxylation sites is 1. The quantitative estimate of drug-likeness (QED) is 0.423. The first kappa shape index (κ1) is 13.8. The molecule has 0 amide bonds. The Morgan fingerprint density at radius 3 is 2.58 bits per heavy atom. The van der Waals surface area contributed by atoms with Gasteiger partial charge in [-0.05, 0) is 50.1 Å². The molecule has 0 bridgehead atoms. The summed E-state index contributed by atoms with van der Waals surface area (Å²) in [6, 6.07) is 7.42. The van der Waals surface area contributed by atoms with Crippen LogP contribution in [0, 0.1) is 0 Å². The third-order valence-corrected chi connectivity index (χ3v) is 5.46. The van der Waals surface area contributed by atoms with E-state index in [9.17, 15) is 0 Å². The maximum atomic E-state index is 6.21. The highest BCUT2D eigenvalue weighted by Gasteiger charge is 2.14. The number of rotatable bonds is 1. The standard InChI is InChI=1S/C12H4Br2Cl2N2S/c13-8-4-6(10(14)19-8)12-17-9-5(11(16)18-12)2-1-3-7(9)15/h1-4H. The Kier molecular flexibility index (Phi) is 3.84. The zero-order valence-corrected chi connectivity index (χ0v) is 14.6. The van der Waals surface area contributed by atoms with Crippen molar-refractivity contribution in [2.75, 3.05) is 0 Å². The van der Waals surface area contributed by atoms with E-state index < -0.39 is 0 Å². The van der Waals surface area contributed by atoms with Crippen LogP contribution >= 0.6 is 66.4 Å². The Morgan fingerprint density at radius 2 is 1.89 bits per heavy atom. The monoisotopic (exact) mass is 436 g/mol. The first-order valence-corrected chi connectivity index (χ1v) is 8.29. The van der Waals surface area contributed by atoms with E-state index in [1.54, 1.807) is 17.4 Å². The van der Waals surface area contributed by atoms with Crippen LogP contribution in [0.1, 0.15) is 0 Å². The van der Waals surface area contributed by atoms with Crippen LogP contribution in [-0.2, 0) is 0 Å². The average molecular weight is 439 g/mol. The Balaban J connectivity index is 2.32. The Bertz CT molecular complexity index is 789. The molecule has 0 radical (unpaired) electrons. The summed E-state index contributed by atoms with van der Waals surface area (Å²) in [7, 11) is 0. The van der Waals surface area contributed by atoms with Gasteiger partial charge in [-0.1, -0.05) is 29.3 Å². The summed E-state index contributed by atoms with van der Waals surface area (Å²) in [6.07, 6.45) is 0. The third kappa shape index (κ3) is 2.54. The van der Waals surface area contributed by atoms with Gasteiger partial charge >= 0.3 is 0 Å². The summed E-state index contributed by atoms with van der Waals surface area (Å²) in [5.74, 6) is 0.555. The summed E-state index contributed by atoms with van der Waals surface area (Å²) in [6.45, 7) is 0. The molecule has 1 aromatic carbocycles. The molecule has 0 saturated heterocycles. The SMILES string of the molecule is Clc1nc(-c2cc(Br)sc2Br)nc2c(Cl)cccc12. The zero-order valence-electron chi connectivity index (χ0n) is 9.12. The minimum atomic E-state index is 0.400. The summed E-state index contributed by atoms with van der Waals surface area (Å²) in [4.78, 5) is 8.85. The third-order valence-electron chi connectivity index (χ3n) is 2.53. The van der Waals surface area contributed by atoms with Gasteiger partial charge in [0, 0.05) is 10.9 Å². The summed E-state index contributed by atoms with van der Waals surface area (Å²) in [5.41, 5.74) is 1.55. The molecule has 0 fully saturated rings. The van der Waals surface area contributed by atoms with Crippen molar-refractivity contribution in [1.29, 1.82) is 0 Å². The molecular weight excluding hydrogens is 435 g/mol. The second kappa shape index (κ2) is 5.30. The fourth-order valence-corrected chi connectivity index (χ4v) is 4.93. The van der Waals surface area contributed by atoms with E-state index in [2.05, 4.69) is 41.8 Å². The molecule has 0 aliphatic rings. The molecule has 0 atom stereocenters. The fourth-order valence-electron chi connectivity index (χ4n) is 1.69. The van der Waals surface area contributed by atoms with E-state index in [1.165, 1.54) is 0 Å². The highest BCUT2D eigenvalue weighted by molar-refractivity contribution is 9.12. The van der Waals surface area contributed by atoms with Gasteiger partial charge in [0.15, 0.2) is 5.82 Å². The van der Waals surface area contributed by atoms with E-state index in [1.807, 2.05) is 18.2 Å². The molecule has 0 N–H and O–H groups in total. The van der Waals surface area contributed by atoms with E-state index in [-0.39, 0.29) is 0 Å². The molecule has 0 spiro atoms. The Morgan fingerprint density at radius 1 is 1.11 bits per heavy atom. The number of nitrogens with zero attached hydrogens (tertiary/aromatic N) is 2. The van der Waals surface area contributed by atoms with Crippen molar-refractivity contribution in [2.24, 2.45) is 0 Å². The molecule has 0 saturated carbocycles.